The number of amides is 2. The van der Waals surface area contributed by atoms with E-state index >= 15 is 0 Å². The van der Waals surface area contributed by atoms with Crippen LogP contribution in [-0.2, 0) is 0 Å². The van der Waals surface area contributed by atoms with E-state index in [-0.39, 0.29) is 23.0 Å². The van der Waals surface area contributed by atoms with Gasteiger partial charge in [0.2, 0.25) is 0 Å². The fourth-order valence-electron chi connectivity index (χ4n) is 2.72. The Morgan fingerprint density at radius 1 is 0.742 bits per heavy atom. The highest BCUT2D eigenvalue weighted by atomic mass is 32.1. The molecule has 0 bridgehead atoms. The van der Waals surface area contributed by atoms with Gasteiger partial charge in [0, 0.05) is 22.5 Å². The highest BCUT2D eigenvalue weighted by Crippen LogP contribution is 2.16. The van der Waals surface area contributed by atoms with E-state index in [4.69, 9.17) is 17.0 Å². The first-order valence-electron chi connectivity index (χ1n) is 9.76. The SMILES string of the molecule is CC(C)Oc1ccc(C(=O)NC(=S)Nc2ccc(NC(=O)c3ccccc3)cc2)cc1. The molecule has 3 aromatic carbocycles. The van der Waals surface area contributed by atoms with Crippen LogP contribution < -0.4 is 20.7 Å². The fraction of sp³-hybridized carbons (Fsp3) is 0.125. The van der Waals surface area contributed by atoms with E-state index in [1.807, 2.05) is 32.0 Å². The fourth-order valence-corrected chi connectivity index (χ4v) is 2.93. The molecule has 0 fully saturated rings. The molecule has 0 aromatic heterocycles. The lowest BCUT2D eigenvalue weighted by atomic mass is 10.2. The van der Waals surface area contributed by atoms with E-state index < -0.39 is 0 Å². The van der Waals surface area contributed by atoms with Crippen LogP contribution in [0, 0.1) is 0 Å². The maximum atomic E-state index is 12.4. The largest absolute Gasteiger partial charge is 0.491 e. The molecule has 2 amide bonds. The van der Waals surface area contributed by atoms with E-state index in [2.05, 4.69) is 16.0 Å². The first-order valence-corrected chi connectivity index (χ1v) is 10.2. The van der Waals surface area contributed by atoms with Gasteiger partial charge < -0.3 is 15.4 Å². The minimum absolute atomic E-state index is 0.0644. The van der Waals surface area contributed by atoms with Gasteiger partial charge >= 0.3 is 0 Å². The Morgan fingerprint density at radius 3 is 1.87 bits per heavy atom. The van der Waals surface area contributed by atoms with Gasteiger partial charge in [0.15, 0.2) is 5.11 Å². The lowest BCUT2D eigenvalue weighted by molar-refractivity contribution is 0.0976. The van der Waals surface area contributed by atoms with Crippen LogP contribution in [0.1, 0.15) is 34.6 Å². The molecule has 0 heterocycles. The number of hydrogen-bond donors (Lipinski definition) is 3. The Hall–Kier alpha value is -3.71. The summed E-state index contributed by atoms with van der Waals surface area (Å²) in [7, 11) is 0. The summed E-state index contributed by atoms with van der Waals surface area (Å²) in [4.78, 5) is 24.6. The van der Waals surface area contributed by atoms with Crippen molar-refractivity contribution in [1.29, 1.82) is 0 Å². The van der Waals surface area contributed by atoms with Crippen LogP contribution in [0.4, 0.5) is 11.4 Å². The number of ether oxygens (including phenoxy) is 1. The number of anilines is 2. The Bertz CT molecular complexity index is 1050. The van der Waals surface area contributed by atoms with Crippen LogP contribution in [0.5, 0.6) is 5.75 Å². The monoisotopic (exact) mass is 433 g/mol. The molecule has 0 spiro atoms. The zero-order valence-corrected chi connectivity index (χ0v) is 18.0. The van der Waals surface area contributed by atoms with Crippen LogP contribution in [0.2, 0.25) is 0 Å². The third kappa shape index (κ3) is 6.65. The summed E-state index contributed by atoms with van der Waals surface area (Å²) < 4.78 is 5.57. The van der Waals surface area contributed by atoms with Crippen molar-refractivity contribution in [2.24, 2.45) is 0 Å². The van der Waals surface area contributed by atoms with Crippen LogP contribution in [0.15, 0.2) is 78.9 Å². The van der Waals surface area contributed by atoms with Crippen molar-refractivity contribution in [3.63, 3.8) is 0 Å². The van der Waals surface area contributed by atoms with E-state index in [9.17, 15) is 9.59 Å². The summed E-state index contributed by atoms with van der Waals surface area (Å²) in [6.45, 7) is 3.88. The van der Waals surface area contributed by atoms with Crippen molar-refractivity contribution in [3.8, 4) is 5.75 Å². The second-order valence-electron chi connectivity index (χ2n) is 7.00. The molecule has 0 radical (unpaired) electrons. The van der Waals surface area contributed by atoms with Gasteiger partial charge in [0.1, 0.15) is 5.75 Å². The van der Waals surface area contributed by atoms with Crippen LogP contribution >= 0.6 is 12.2 Å². The number of benzene rings is 3. The van der Waals surface area contributed by atoms with Gasteiger partial charge in [-0.05, 0) is 86.7 Å². The molecule has 7 heteroatoms. The maximum Gasteiger partial charge on any atom is 0.257 e. The van der Waals surface area contributed by atoms with Crippen molar-refractivity contribution < 1.29 is 14.3 Å². The average Bonchev–Trinajstić information content (AvgIpc) is 2.75. The number of carbonyl (C=O) groups excluding carboxylic acids is 2. The van der Waals surface area contributed by atoms with Gasteiger partial charge in [-0.3, -0.25) is 14.9 Å². The predicted molar refractivity (Wildman–Crippen MR) is 127 cm³/mol. The Balaban J connectivity index is 1.52. The maximum absolute atomic E-state index is 12.4. The highest BCUT2D eigenvalue weighted by Gasteiger charge is 2.09. The van der Waals surface area contributed by atoms with Crippen molar-refractivity contribution in [1.82, 2.24) is 5.32 Å². The van der Waals surface area contributed by atoms with Gasteiger partial charge in [-0.25, -0.2) is 0 Å². The molecule has 3 aromatic rings. The lowest BCUT2D eigenvalue weighted by Crippen LogP contribution is -2.34. The molecular weight excluding hydrogens is 410 g/mol. The lowest BCUT2D eigenvalue weighted by Gasteiger charge is -2.12. The summed E-state index contributed by atoms with van der Waals surface area (Å²) >= 11 is 5.22. The minimum Gasteiger partial charge on any atom is -0.491 e. The third-order valence-corrected chi connectivity index (χ3v) is 4.36. The van der Waals surface area contributed by atoms with Crippen LogP contribution in [-0.4, -0.2) is 23.0 Å². The molecular formula is C24H23N3O3S. The molecule has 0 saturated carbocycles. The number of thiocarbonyl (C=S) groups is 1. The zero-order valence-electron chi connectivity index (χ0n) is 17.2. The molecule has 3 rings (SSSR count). The summed E-state index contributed by atoms with van der Waals surface area (Å²) in [6.07, 6.45) is 0.0644. The van der Waals surface area contributed by atoms with Gasteiger partial charge in [0.25, 0.3) is 11.8 Å². The second kappa shape index (κ2) is 10.4. The van der Waals surface area contributed by atoms with Gasteiger partial charge in [0.05, 0.1) is 6.10 Å². The second-order valence-corrected chi connectivity index (χ2v) is 7.40. The zero-order chi connectivity index (χ0) is 22.2. The molecule has 0 aliphatic carbocycles. The van der Waals surface area contributed by atoms with Crippen molar-refractivity contribution in [3.05, 3.63) is 90.0 Å². The molecule has 0 atom stereocenters. The normalized spacial score (nSPS) is 10.3. The van der Waals surface area contributed by atoms with E-state index in [1.165, 1.54) is 0 Å². The first-order chi connectivity index (χ1) is 14.9. The van der Waals surface area contributed by atoms with Crippen LogP contribution in [0.3, 0.4) is 0 Å². The van der Waals surface area contributed by atoms with Crippen molar-refractivity contribution >= 4 is 40.5 Å². The molecule has 0 aliphatic rings. The summed E-state index contributed by atoms with van der Waals surface area (Å²) in [6, 6.07) is 22.8. The van der Waals surface area contributed by atoms with Gasteiger partial charge in [-0.15, -0.1) is 0 Å². The Labute approximate surface area is 186 Å². The quantitative estimate of drug-likeness (QED) is 0.484. The summed E-state index contributed by atoms with van der Waals surface area (Å²) in [5, 5.41) is 8.60. The number of carbonyl (C=O) groups is 2. The third-order valence-electron chi connectivity index (χ3n) is 4.15. The molecule has 3 N–H and O–H groups in total. The van der Waals surface area contributed by atoms with E-state index in [0.717, 1.165) is 0 Å². The molecule has 0 saturated heterocycles. The Morgan fingerprint density at radius 2 is 1.29 bits per heavy atom. The molecule has 0 unspecified atom stereocenters. The van der Waals surface area contributed by atoms with Crippen LogP contribution in [0.25, 0.3) is 0 Å². The van der Waals surface area contributed by atoms with E-state index in [1.54, 1.807) is 60.7 Å². The number of nitrogens with one attached hydrogen (secondary N) is 3. The smallest absolute Gasteiger partial charge is 0.257 e. The van der Waals surface area contributed by atoms with Gasteiger partial charge in [-0.1, -0.05) is 18.2 Å². The Kier molecular flexibility index (Phi) is 7.35. The number of rotatable bonds is 6. The van der Waals surface area contributed by atoms with Gasteiger partial charge in [-0.2, -0.15) is 0 Å². The predicted octanol–water partition coefficient (Wildman–Crippen LogP) is 4.85. The molecule has 0 aliphatic heterocycles. The molecule has 6 nitrogen and oxygen atoms in total. The molecule has 31 heavy (non-hydrogen) atoms. The minimum atomic E-state index is -0.319. The topological polar surface area (TPSA) is 79.5 Å². The average molecular weight is 434 g/mol. The number of hydrogen-bond acceptors (Lipinski definition) is 4. The molecule has 158 valence electrons. The van der Waals surface area contributed by atoms with Crippen molar-refractivity contribution in [2.75, 3.05) is 10.6 Å². The highest BCUT2D eigenvalue weighted by molar-refractivity contribution is 7.80. The first kappa shape index (κ1) is 22.0. The summed E-state index contributed by atoms with van der Waals surface area (Å²) in [5.74, 6) is 0.195. The van der Waals surface area contributed by atoms with E-state index in [0.29, 0.717) is 28.3 Å². The summed E-state index contributed by atoms with van der Waals surface area (Å²) in [5.41, 5.74) is 2.39. The standard InChI is InChI=1S/C24H23N3O3S/c1-16(2)30-21-14-8-18(9-15-21)23(29)27-24(31)26-20-12-10-19(11-13-20)25-22(28)17-6-4-3-5-7-17/h3-16H,1-2H3,(H,25,28)(H2,26,27,29,31). The van der Waals surface area contributed by atoms with Crippen molar-refractivity contribution in [2.45, 2.75) is 20.0 Å².